The summed E-state index contributed by atoms with van der Waals surface area (Å²) in [6, 6.07) is 0. The monoisotopic (exact) mass is 192 g/mol. The lowest BCUT2D eigenvalue weighted by molar-refractivity contribution is -0.0548. The molecule has 0 aromatic carbocycles. The van der Waals surface area contributed by atoms with E-state index < -0.39 is 13.9 Å². The fraction of sp³-hybridized carbons (Fsp3) is 0.500. The molecule has 0 amide bonds. The van der Waals surface area contributed by atoms with E-state index in [1.54, 1.807) is 18.2 Å². The van der Waals surface area contributed by atoms with Crippen LogP contribution in [0.1, 0.15) is 6.42 Å². The molecule has 0 aromatic heterocycles. The number of alkyl halides is 3. The van der Waals surface area contributed by atoms with E-state index >= 15 is 0 Å². The normalized spacial score (nSPS) is 18.2. The van der Waals surface area contributed by atoms with Crippen molar-refractivity contribution in [2.45, 2.75) is 25.3 Å². The average molecular weight is 192 g/mol. The predicted octanol–water partition coefficient (Wildman–Crippen LogP) is 3.22. The van der Waals surface area contributed by atoms with Crippen LogP contribution in [0.15, 0.2) is 23.4 Å². The zero-order valence-corrected chi connectivity index (χ0v) is 8.07. The summed E-state index contributed by atoms with van der Waals surface area (Å²) in [5.41, 5.74) is 0. The molecule has 0 fully saturated rings. The van der Waals surface area contributed by atoms with Crippen LogP contribution < -0.4 is 0 Å². The van der Waals surface area contributed by atoms with Crippen molar-refractivity contribution in [3.05, 3.63) is 23.4 Å². The van der Waals surface area contributed by atoms with E-state index in [1.165, 1.54) is 13.1 Å². The van der Waals surface area contributed by atoms with Crippen LogP contribution in [0.5, 0.6) is 0 Å². The van der Waals surface area contributed by atoms with E-state index in [9.17, 15) is 13.2 Å². The van der Waals surface area contributed by atoms with Gasteiger partial charge in [0.25, 0.3) is 0 Å². The molecule has 0 radical (unpaired) electrons. The van der Waals surface area contributed by atoms with Crippen LogP contribution in [0, 0.1) is 0 Å². The second-order valence-electron chi connectivity index (χ2n) is 3.45. The number of allylic oxidation sites excluding steroid dienone is 4. The molecule has 0 bridgehead atoms. The molecule has 1 rings (SSSR count). The van der Waals surface area contributed by atoms with Gasteiger partial charge in [-0.15, -0.1) is 0 Å². The Hall–Kier alpha value is -0.513. The second kappa shape index (κ2) is 2.76. The van der Waals surface area contributed by atoms with Crippen molar-refractivity contribution >= 4 is 8.07 Å². The minimum Gasteiger partial charge on any atom is -0.176 e. The Balaban J connectivity index is 2.86. The Morgan fingerprint density at radius 3 is 2.25 bits per heavy atom. The van der Waals surface area contributed by atoms with Crippen molar-refractivity contribution in [1.29, 1.82) is 0 Å². The number of halogens is 3. The molecule has 0 N–H and O–H groups in total. The van der Waals surface area contributed by atoms with Gasteiger partial charge in [-0.2, -0.15) is 13.2 Å². The van der Waals surface area contributed by atoms with Gasteiger partial charge in [0.2, 0.25) is 8.07 Å². The van der Waals surface area contributed by atoms with Crippen molar-refractivity contribution in [1.82, 2.24) is 0 Å². The standard InChI is InChI=1S/C8H11F3Si/c1-12(2,8(9,10)11)7-5-3-4-6-7/h3-5H,6H2,1-2H3. The highest BCUT2D eigenvalue weighted by Crippen LogP contribution is 2.36. The van der Waals surface area contributed by atoms with Crippen molar-refractivity contribution < 1.29 is 13.2 Å². The van der Waals surface area contributed by atoms with Gasteiger partial charge in [-0.3, -0.25) is 0 Å². The van der Waals surface area contributed by atoms with Gasteiger partial charge in [-0.25, -0.2) is 0 Å². The fourth-order valence-corrected chi connectivity index (χ4v) is 2.60. The van der Waals surface area contributed by atoms with Gasteiger partial charge < -0.3 is 0 Å². The lowest BCUT2D eigenvalue weighted by Gasteiger charge is -2.26. The molecular formula is C8H11F3Si. The summed E-state index contributed by atoms with van der Waals surface area (Å²) in [4.78, 5) is 0. The van der Waals surface area contributed by atoms with Crippen LogP contribution in [-0.2, 0) is 0 Å². The lowest BCUT2D eigenvalue weighted by atomic mass is 10.5. The molecule has 0 saturated carbocycles. The summed E-state index contributed by atoms with van der Waals surface area (Å²) in [5.74, 6) is -4.01. The third-order valence-corrected chi connectivity index (χ3v) is 5.68. The van der Waals surface area contributed by atoms with Crippen LogP contribution in [-0.4, -0.2) is 13.9 Å². The largest absolute Gasteiger partial charge is 0.365 e. The summed E-state index contributed by atoms with van der Waals surface area (Å²) in [7, 11) is -3.17. The summed E-state index contributed by atoms with van der Waals surface area (Å²) >= 11 is 0. The average Bonchev–Trinajstić information content (AvgIpc) is 2.34. The van der Waals surface area contributed by atoms with E-state index in [-0.39, 0.29) is 0 Å². The number of rotatable bonds is 1. The molecule has 0 nitrogen and oxygen atoms in total. The molecule has 0 aliphatic heterocycles. The maximum absolute atomic E-state index is 12.5. The summed E-state index contributed by atoms with van der Waals surface area (Å²) < 4.78 is 37.4. The number of hydrogen-bond acceptors (Lipinski definition) is 0. The summed E-state index contributed by atoms with van der Waals surface area (Å²) in [6.07, 6.45) is 5.57. The van der Waals surface area contributed by atoms with Crippen LogP contribution in [0.25, 0.3) is 0 Å². The van der Waals surface area contributed by atoms with E-state index in [1.807, 2.05) is 0 Å². The molecule has 12 heavy (non-hydrogen) atoms. The maximum Gasteiger partial charge on any atom is 0.365 e. The van der Waals surface area contributed by atoms with Gasteiger partial charge in [-0.05, 0) is 6.42 Å². The Morgan fingerprint density at radius 2 is 1.92 bits per heavy atom. The van der Waals surface area contributed by atoms with Gasteiger partial charge in [0.05, 0.1) is 0 Å². The van der Waals surface area contributed by atoms with Crippen LogP contribution in [0.3, 0.4) is 0 Å². The second-order valence-corrected chi connectivity index (χ2v) is 7.91. The van der Waals surface area contributed by atoms with Crippen LogP contribution >= 0.6 is 0 Å². The van der Waals surface area contributed by atoms with Gasteiger partial charge in [0.15, 0.2) is 0 Å². The molecule has 1 aliphatic carbocycles. The Kier molecular flexibility index (Phi) is 2.20. The van der Waals surface area contributed by atoms with Gasteiger partial charge in [0.1, 0.15) is 0 Å². The predicted molar refractivity (Wildman–Crippen MR) is 45.4 cm³/mol. The molecular weight excluding hydrogens is 181 g/mol. The zero-order valence-electron chi connectivity index (χ0n) is 7.07. The molecule has 0 saturated heterocycles. The molecule has 0 spiro atoms. The topological polar surface area (TPSA) is 0 Å². The Labute approximate surface area is 70.8 Å². The molecule has 1 aliphatic rings. The lowest BCUT2D eigenvalue weighted by Crippen LogP contribution is -2.46. The van der Waals surface area contributed by atoms with Crippen molar-refractivity contribution in [3.8, 4) is 0 Å². The van der Waals surface area contributed by atoms with E-state index in [0.717, 1.165) is 0 Å². The van der Waals surface area contributed by atoms with E-state index in [2.05, 4.69) is 0 Å². The smallest absolute Gasteiger partial charge is 0.176 e. The molecule has 0 aromatic rings. The number of hydrogen-bond donors (Lipinski definition) is 0. The first-order chi connectivity index (χ1) is 5.36. The van der Waals surface area contributed by atoms with Crippen LogP contribution in [0.2, 0.25) is 13.1 Å². The van der Waals surface area contributed by atoms with Gasteiger partial charge in [-0.1, -0.05) is 36.5 Å². The summed E-state index contributed by atoms with van der Waals surface area (Å²) in [5, 5.41) is 0.579. The highest BCUT2D eigenvalue weighted by Gasteiger charge is 2.51. The van der Waals surface area contributed by atoms with Crippen molar-refractivity contribution in [3.63, 3.8) is 0 Å². The third-order valence-electron chi connectivity index (χ3n) is 2.28. The van der Waals surface area contributed by atoms with Gasteiger partial charge >= 0.3 is 5.80 Å². The quantitative estimate of drug-likeness (QED) is 0.559. The SMILES string of the molecule is C[Si](C)(C1=CC=CC1)C(F)(F)F. The molecule has 4 heteroatoms. The first-order valence-electron chi connectivity index (χ1n) is 3.78. The highest BCUT2D eigenvalue weighted by atomic mass is 28.3. The zero-order chi connectivity index (χ0) is 9.41. The molecule has 0 atom stereocenters. The van der Waals surface area contributed by atoms with Crippen molar-refractivity contribution in [2.24, 2.45) is 0 Å². The maximum atomic E-state index is 12.5. The first kappa shape index (κ1) is 9.57. The first-order valence-corrected chi connectivity index (χ1v) is 6.78. The van der Waals surface area contributed by atoms with E-state index in [0.29, 0.717) is 11.6 Å². The van der Waals surface area contributed by atoms with Crippen molar-refractivity contribution in [2.75, 3.05) is 0 Å². The Bertz CT molecular complexity index is 235. The molecule has 0 heterocycles. The molecule has 0 unspecified atom stereocenters. The molecule has 68 valence electrons. The highest BCUT2D eigenvalue weighted by molar-refractivity contribution is 6.86. The minimum atomic E-state index is -4.01. The van der Waals surface area contributed by atoms with Gasteiger partial charge in [0, 0.05) is 0 Å². The third kappa shape index (κ3) is 1.48. The Morgan fingerprint density at radius 1 is 1.33 bits per heavy atom. The minimum absolute atomic E-state index is 0.485. The van der Waals surface area contributed by atoms with Crippen LogP contribution in [0.4, 0.5) is 13.2 Å². The fourth-order valence-electron chi connectivity index (χ4n) is 1.09. The summed E-state index contributed by atoms with van der Waals surface area (Å²) in [6.45, 7) is 2.71. The van der Waals surface area contributed by atoms with E-state index in [4.69, 9.17) is 0 Å².